The Labute approximate surface area is 119 Å². The highest BCUT2D eigenvalue weighted by Gasteiger charge is 2.20. The van der Waals surface area contributed by atoms with Crippen LogP contribution in [-0.2, 0) is 11.3 Å². The third-order valence-electron chi connectivity index (χ3n) is 2.75. The molecule has 0 saturated carbocycles. The van der Waals surface area contributed by atoms with Gasteiger partial charge in [0, 0.05) is 11.6 Å². The number of carbonyl (C=O) groups excluding carboxylic acids is 1. The molecule has 0 aromatic heterocycles. The van der Waals surface area contributed by atoms with Gasteiger partial charge >= 0.3 is 6.09 Å². The minimum atomic E-state index is -0.723. The summed E-state index contributed by atoms with van der Waals surface area (Å²) in [5, 5.41) is 4.08. The molecule has 19 heavy (non-hydrogen) atoms. The van der Waals surface area contributed by atoms with E-state index >= 15 is 0 Å². The maximum absolute atomic E-state index is 10.7. The molecule has 0 atom stereocenters. The molecule has 106 valence electrons. The second-order valence-corrected chi connectivity index (χ2v) is 5.52. The van der Waals surface area contributed by atoms with Crippen LogP contribution in [0.15, 0.2) is 24.3 Å². The summed E-state index contributed by atoms with van der Waals surface area (Å²) in [6, 6.07) is 7.75. The Morgan fingerprint density at radius 1 is 1.37 bits per heavy atom. The third-order valence-corrected chi connectivity index (χ3v) is 3.00. The molecular weight excluding hydrogens is 264 g/mol. The van der Waals surface area contributed by atoms with Crippen LogP contribution in [0.2, 0.25) is 5.02 Å². The van der Waals surface area contributed by atoms with E-state index in [-0.39, 0.29) is 0 Å². The van der Waals surface area contributed by atoms with Crippen LogP contribution in [0, 0.1) is 0 Å². The molecule has 1 rings (SSSR count). The van der Waals surface area contributed by atoms with Gasteiger partial charge < -0.3 is 15.8 Å². The average Bonchev–Trinajstić information content (AvgIpc) is 2.29. The van der Waals surface area contributed by atoms with E-state index in [1.165, 1.54) is 5.56 Å². The first-order chi connectivity index (χ1) is 8.89. The van der Waals surface area contributed by atoms with Crippen molar-refractivity contribution in [1.29, 1.82) is 0 Å². The van der Waals surface area contributed by atoms with Gasteiger partial charge in [0.2, 0.25) is 0 Å². The van der Waals surface area contributed by atoms with Crippen LogP contribution in [0.25, 0.3) is 0 Å². The summed E-state index contributed by atoms with van der Waals surface area (Å²) in [5.74, 6) is 0. The van der Waals surface area contributed by atoms with Gasteiger partial charge in [-0.25, -0.2) is 4.79 Å². The Bertz CT molecular complexity index is 404. The first-order valence-electron chi connectivity index (χ1n) is 6.33. The lowest BCUT2D eigenvalue weighted by molar-refractivity contribution is 0.0377. The fourth-order valence-electron chi connectivity index (χ4n) is 1.80. The Morgan fingerprint density at radius 2 is 2.00 bits per heavy atom. The van der Waals surface area contributed by atoms with Crippen molar-refractivity contribution in [3.8, 4) is 0 Å². The molecule has 1 amide bonds. The minimum absolute atomic E-state index is 0.506. The van der Waals surface area contributed by atoms with Gasteiger partial charge in [0.25, 0.3) is 0 Å². The van der Waals surface area contributed by atoms with Crippen molar-refractivity contribution >= 4 is 17.7 Å². The summed E-state index contributed by atoms with van der Waals surface area (Å²) >= 11 is 5.82. The quantitative estimate of drug-likeness (QED) is 0.756. The molecule has 0 bridgehead atoms. The number of rotatable bonds is 7. The summed E-state index contributed by atoms with van der Waals surface area (Å²) < 4.78 is 5.01. The Morgan fingerprint density at radius 3 is 2.58 bits per heavy atom. The Kier molecular flexibility index (Phi) is 6.12. The zero-order valence-corrected chi connectivity index (χ0v) is 12.2. The second-order valence-electron chi connectivity index (χ2n) is 5.09. The summed E-state index contributed by atoms with van der Waals surface area (Å²) in [6.07, 6.45) is 0.955. The molecular formula is C14H21ClN2O2. The average molecular weight is 285 g/mol. The number of primary amides is 1. The predicted octanol–water partition coefficient (Wildman–Crippen LogP) is 3.08. The van der Waals surface area contributed by atoms with Crippen LogP contribution >= 0.6 is 11.6 Å². The number of benzene rings is 1. The van der Waals surface area contributed by atoms with E-state index in [4.69, 9.17) is 22.1 Å². The Hall–Kier alpha value is -1.26. The molecule has 0 heterocycles. The lowest BCUT2D eigenvalue weighted by Gasteiger charge is -2.23. The monoisotopic (exact) mass is 284 g/mol. The van der Waals surface area contributed by atoms with Gasteiger partial charge in [-0.2, -0.15) is 0 Å². The van der Waals surface area contributed by atoms with Crippen molar-refractivity contribution in [2.75, 3.05) is 6.54 Å². The zero-order valence-electron chi connectivity index (χ0n) is 11.4. The van der Waals surface area contributed by atoms with Crippen molar-refractivity contribution in [2.24, 2.45) is 5.73 Å². The molecule has 0 aliphatic heterocycles. The summed E-state index contributed by atoms with van der Waals surface area (Å²) in [7, 11) is 0. The third kappa shape index (κ3) is 7.03. The molecule has 0 radical (unpaired) electrons. The van der Waals surface area contributed by atoms with Crippen LogP contribution in [0.4, 0.5) is 4.79 Å². The fraction of sp³-hybridized carbons (Fsp3) is 0.500. The van der Waals surface area contributed by atoms with Crippen LogP contribution in [0.5, 0.6) is 0 Å². The maximum Gasteiger partial charge on any atom is 0.405 e. The van der Waals surface area contributed by atoms with Gasteiger partial charge in [0.05, 0.1) is 0 Å². The van der Waals surface area contributed by atoms with E-state index in [0.29, 0.717) is 0 Å². The number of carbonyl (C=O) groups is 1. The number of nitrogens with two attached hydrogens (primary N) is 1. The van der Waals surface area contributed by atoms with Crippen molar-refractivity contribution in [2.45, 2.75) is 38.8 Å². The second kappa shape index (κ2) is 7.36. The van der Waals surface area contributed by atoms with Crippen LogP contribution in [0.1, 0.15) is 32.3 Å². The SMILES string of the molecule is CC(C)(CCCNCc1ccc(Cl)cc1)OC(N)=O. The van der Waals surface area contributed by atoms with E-state index in [9.17, 15) is 4.79 Å². The van der Waals surface area contributed by atoms with Crippen LogP contribution in [0.3, 0.4) is 0 Å². The van der Waals surface area contributed by atoms with Gasteiger partial charge in [-0.3, -0.25) is 0 Å². The van der Waals surface area contributed by atoms with E-state index in [2.05, 4.69) is 5.32 Å². The molecule has 3 N–H and O–H groups in total. The number of nitrogens with one attached hydrogen (secondary N) is 1. The molecule has 4 nitrogen and oxygen atoms in total. The normalized spacial score (nSPS) is 11.3. The lowest BCUT2D eigenvalue weighted by atomic mass is 10.0. The van der Waals surface area contributed by atoms with Crippen LogP contribution < -0.4 is 11.1 Å². The molecule has 0 saturated heterocycles. The molecule has 1 aromatic rings. The van der Waals surface area contributed by atoms with Crippen molar-refractivity contribution in [3.63, 3.8) is 0 Å². The van der Waals surface area contributed by atoms with E-state index < -0.39 is 11.7 Å². The highest BCUT2D eigenvalue weighted by molar-refractivity contribution is 6.30. The molecule has 1 aromatic carbocycles. The van der Waals surface area contributed by atoms with Crippen molar-refractivity contribution in [3.05, 3.63) is 34.9 Å². The summed E-state index contributed by atoms with van der Waals surface area (Å²) in [5.41, 5.74) is 5.70. The summed E-state index contributed by atoms with van der Waals surface area (Å²) in [6.45, 7) is 5.37. The number of hydrogen-bond acceptors (Lipinski definition) is 3. The lowest BCUT2D eigenvalue weighted by Crippen LogP contribution is -2.32. The van der Waals surface area contributed by atoms with Gasteiger partial charge in [-0.1, -0.05) is 23.7 Å². The number of amides is 1. The minimum Gasteiger partial charge on any atom is -0.444 e. The molecule has 0 aliphatic carbocycles. The van der Waals surface area contributed by atoms with E-state index in [1.54, 1.807) is 0 Å². The van der Waals surface area contributed by atoms with Crippen molar-refractivity contribution in [1.82, 2.24) is 5.32 Å². The molecule has 0 fully saturated rings. The smallest absolute Gasteiger partial charge is 0.405 e. The maximum atomic E-state index is 10.7. The number of halogens is 1. The van der Waals surface area contributed by atoms with E-state index in [1.807, 2.05) is 38.1 Å². The molecule has 0 unspecified atom stereocenters. The van der Waals surface area contributed by atoms with Gasteiger partial charge in [-0.15, -0.1) is 0 Å². The number of hydrogen-bond donors (Lipinski definition) is 2. The largest absolute Gasteiger partial charge is 0.444 e. The first-order valence-corrected chi connectivity index (χ1v) is 6.70. The van der Waals surface area contributed by atoms with E-state index in [0.717, 1.165) is 31.0 Å². The first kappa shape index (κ1) is 15.8. The highest BCUT2D eigenvalue weighted by atomic mass is 35.5. The number of ether oxygens (including phenoxy) is 1. The highest BCUT2D eigenvalue weighted by Crippen LogP contribution is 2.16. The van der Waals surface area contributed by atoms with Crippen LogP contribution in [-0.4, -0.2) is 18.2 Å². The molecule has 0 spiro atoms. The molecule has 0 aliphatic rings. The fourth-order valence-corrected chi connectivity index (χ4v) is 1.92. The predicted molar refractivity (Wildman–Crippen MR) is 77.1 cm³/mol. The summed E-state index contributed by atoms with van der Waals surface area (Å²) in [4.78, 5) is 10.7. The standard InChI is InChI=1S/C14H21ClN2O2/c1-14(2,19-13(16)18)8-3-9-17-10-11-4-6-12(15)7-5-11/h4-7,17H,3,8-10H2,1-2H3,(H2,16,18). The van der Waals surface area contributed by atoms with Gasteiger partial charge in [0.15, 0.2) is 0 Å². The Balaban J connectivity index is 2.17. The zero-order chi connectivity index (χ0) is 14.3. The van der Waals surface area contributed by atoms with Gasteiger partial charge in [-0.05, 0) is 50.9 Å². The van der Waals surface area contributed by atoms with Crippen molar-refractivity contribution < 1.29 is 9.53 Å². The van der Waals surface area contributed by atoms with Gasteiger partial charge in [0.1, 0.15) is 5.60 Å². The molecule has 5 heteroatoms. The topological polar surface area (TPSA) is 64.3 Å².